The van der Waals surface area contributed by atoms with Crippen LogP contribution in [0.2, 0.25) is 0 Å². The Morgan fingerprint density at radius 1 is 0.452 bits per heavy atom. The number of phenols is 2. The van der Waals surface area contributed by atoms with Gasteiger partial charge in [-0.25, -0.2) is 9.97 Å². The van der Waals surface area contributed by atoms with Crippen LogP contribution in [0.5, 0.6) is 11.5 Å². The summed E-state index contributed by atoms with van der Waals surface area (Å²) < 4.78 is 4.25. The molecule has 0 saturated carbocycles. The van der Waals surface area contributed by atoms with E-state index in [0.29, 0.717) is 0 Å². The topological polar surface area (TPSA) is 76.1 Å². The molecule has 8 heteroatoms. The highest BCUT2D eigenvalue weighted by Crippen LogP contribution is 2.33. The SMILES string of the molecule is Oc1ccc(-n2c(-c3cccs3)nc3ccccc32)cc1.Oc1ccc(-n2c(-c3cccs3)nc3ccccc32)cc1. The monoisotopic (exact) mass is 584 g/mol. The molecule has 0 amide bonds. The second-order valence-electron chi connectivity index (χ2n) is 9.51. The first-order chi connectivity index (χ1) is 20.7. The van der Waals surface area contributed by atoms with Crippen LogP contribution >= 0.6 is 22.7 Å². The van der Waals surface area contributed by atoms with E-state index in [2.05, 4.69) is 44.2 Å². The maximum Gasteiger partial charge on any atom is 0.155 e. The Morgan fingerprint density at radius 3 is 1.24 bits per heavy atom. The highest BCUT2D eigenvalue weighted by Gasteiger charge is 2.16. The van der Waals surface area contributed by atoms with Crippen LogP contribution in [0.1, 0.15) is 0 Å². The number of imidazole rings is 2. The molecule has 4 aromatic heterocycles. The van der Waals surface area contributed by atoms with Crippen molar-refractivity contribution in [2.75, 3.05) is 0 Å². The fourth-order valence-electron chi connectivity index (χ4n) is 4.92. The summed E-state index contributed by atoms with van der Waals surface area (Å²) in [6, 6.07) is 38.8. The van der Waals surface area contributed by atoms with Crippen molar-refractivity contribution < 1.29 is 10.2 Å². The lowest BCUT2D eigenvalue weighted by Crippen LogP contribution is -1.95. The van der Waals surface area contributed by atoms with Crippen molar-refractivity contribution in [3.05, 3.63) is 132 Å². The zero-order chi connectivity index (χ0) is 28.5. The molecule has 42 heavy (non-hydrogen) atoms. The summed E-state index contributed by atoms with van der Waals surface area (Å²) in [5.41, 5.74) is 6.04. The van der Waals surface area contributed by atoms with E-state index in [1.165, 1.54) is 0 Å². The van der Waals surface area contributed by atoms with Crippen LogP contribution in [0.3, 0.4) is 0 Å². The molecular weight excluding hydrogens is 561 g/mol. The number of aromatic nitrogens is 4. The standard InChI is InChI=1S/2C17H12N2OS/c2*20-13-9-7-12(8-10-13)19-15-5-2-1-4-14(15)18-17(19)16-6-3-11-21-16/h2*1-11,20H. The number of nitrogens with zero attached hydrogens (tertiary/aromatic N) is 4. The van der Waals surface area contributed by atoms with Gasteiger partial charge in [-0.3, -0.25) is 9.13 Å². The van der Waals surface area contributed by atoms with E-state index < -0.39 is 0 Å². The minimum atomic E-state index is 0.265. The number of hydrogen-bond donors (Lipinski definition) is 2. The average molecular weight is 585 g/mol. The second kappa shape index (κ2) is 11.0. The molecule has 0 aliphatic heterocycles. The van der Waals surface area contributed by atoms with Gasteiger partial charge in [0.15, 0.2) is 11.6 Å². The minimum absolute atomic E-state index is 0.265. The molecule has 0 spiro atoms. The molecule has 0 aliphatic rings. The molecule has 0 unspecified atom stereocenters. The molecule has 0 radical (unpaired) electrons. The van der Waals surface area contributed by atoms with Gasteiger partial charge in [-0.15, -0.1) is 22.7 Å². The van der Waals surface area contributed by atoms with Crippen molar-refractivity contribution in [1.82, 2.24) is 19.1 Å². The van der Waals surface area contributed by atoms with E-state index in [9.17, 15) is 10.2 Å². The van der Waals surface area contributed by atoms with E-state index in [1.54, 1.807) is 46.9 Å². The first-order valence-electron chi connectivity index (χ1n) is 13.3. The highest BCUT2D eigenvalue weighted by molar-refractivity contribution is 7.13. The molecule has 4 heterocycles. The number of hydrogen-bond acceptors (Lipinski definition) is 6. The quantitative estimate of drug-likeness (QED) is 0.217. The van der Waals surface area contributed by atoms with Crippen LogP contribution in [0, 0.1) is 0 Å². The summed E-state index contributed by atoms with van der Waals surface area (Å²) in [6.45, 7) is 0. The van der Waals surface area contributed by atoms with Gasteiger partial charge in [0.05, 0.1) is 31.8 Å². The lowest BCUT2D eigenvalue weighted by Gasteiger charge is -2.08. The molecule has 0 bridgehead atoms. The third-order valence-corrected chi connectivity index (χ3v) is 8.55. The van der Waals surface area contributed by atoms with E-state index in [1.807, 2.05) is 72.8 Å². The lowest BCUT2D eigenvalue weighted by molar-refractivity contribution is 0.474. The van der Waals surface area contributed by atoms with E-state index in [-0.39, 0.29) is 11.5 Å². The van der Waals surface area contributed by atoms with Gasteiger partial charge in [0.2, 0.25) is 0 Å². The molecule has 0 saturated heterocycles. The first kappa shape index (κ1) is 25.8. The number of para-hydroxylation sites is 4. The summed E-state index contributed by atoms with van der Waals surface area (Å²) in [5, 5.41) is 23.1. The summed E-state index contributed by atoms with van der Waals surface area (Å²) in [4.78, 5) is 11.8. The van der Waals surface area contributed by atoms with Crippen molar-refractivity contribution in [1.29, 1.82) is 0 Å². The smallest absolute Gasteiger partial charge is 0.155 e. The van der Waals surface area contributed by atoms with Crippen molar-refractivity contribution in [3.63, 3.8) is 0 Å². The summed E-state index contributed by atoms with van der Waals surface area (Å²) in [6.07, 6.45) is 0. The molecule has 8 rings (SSSR count). The fraction of sp³-hybridized carbons (Fsp3) is 0. The first-order valence-corrected chi connectivity index (χ1v) is 15.0. The van der Waals surface area contributed by atoms with Crippen LogP contribution in [0.4, 0.5) is 0 Å². The van der Waals surface area contributed by atoms with Gasteiger partial charge in [0.25, 0.3) is 0 Å². The Kier molecular flexibility index (Phi) is 6.75. The molecule has 8 aromatic rings. The van der Waals surface area contributed by atoms with Crippen molar-refractivity contribution in [3.8, 4) is 44.3 Å². The number of fused-ring (bicyclic) bond motifs is 2. The molecular formula is C34H24N4O2S2. The van der Waals surface area contributed by atoms with Crippen molar-refractivity contribution in [2.45, 2.75) is 0 Å². The van der Waals surface area contributed by atoms with Crippen LogP contribution in [-0.2, 0) is 0 Å². The summed E-state index contributed by atoms with van der Waals surface area (Å²) in [5.74, 6) is 2.38. The van der Waals surface area contributed by atoms with E-state index >= 15 is 0 Å². The van der Waals surface area contributed by atoms with Gasteiger partial charge in [0.1, 0.15) is 11.5 Å². The predicted octanol–water partition coefficient (Wildman–Crippen LogP) is 8.92. The average Bonchev–Trinajstić information content (AvgIpc) is 3.83. The lowest BCUT2D eigenvalue weighted by atomic mass is 10.2. The van der Waals surface area contributed by atoms with Gasteiger partial charge in [-0.05, 0) is 95.7 Å². The Balaban J connectivity index is 0.000000137. The normalized spacial score (nSPS) is 11.0. The Hall–Kier alpha value is -5.18. The van der Waals surface area contributed by atoms with Crippen LogP contribution in [0.25, 0.3) is 54.8 Å². The number of thiophene rings is 2. The summed E-state index contributed by atoms with van der Waals surface area (Å²) in [7, 11) is 0. The molecule has 0 atom stereocenters. The highest BCUT2D eigenvalue weighted by atomic mass is 32.1. The van der Waals surface area contributed by atoms with Gasteiger partial charge < -0.3 is 10.2 Å². The zero-order valence-electron chi connectivity index (χ0n) is 22.2. The van der Waals surface area contributed by atoms with Crippen LogP contribution < -0.4 is 0 Å². The zero-order valence-corrected chi connectivity index (χ0v) is 23.8. The maximum atomic E-state index is 9.50. The minimum Gasteiger partial charge on any atom is -0.508 e. The maximum absolute atomic E-state index is 9.50. The molecule has 0 aliphatic carbocycles. The number of benzene rings is 4. The van der Waals surface area contributed by atoms with Crippen molar-refractivity contribution >= 4 is 44.7 Å². The molecule has 0 fully saturated rings. The molecule has 4 aromatic carbocycles. The summed E-state index contributed by atoms with van der Waals surface area (Å²) >= 11 is 3.34. The molecule has 6 nitrogen and oxygen atoms in total. The molecule has 204 valence electrons. The van der Waals surface area contributed by atoms with E-state index in [4.69, 9.17) is 9.97 Å². The van der Waals surface area contributed by atoms with E-state index in [0.717, 1.165) is 54.8 Å². The Labute approximate surface area is 249 Å². The largest absolute Gasteiger partial charge is 0.508 e. The van der Waals surface area contributed by atoms with Crippen LogP contribution in [0.15, 0.2) is 132 Å². The molecule has 2 N–H and O–H groups in total. The fourth-order valence-corrected chi connectivity index (χ4v) is 6.33. The Morgan fingerprint density at radius 2 is 0.857 bits per heavy atom. The van der Waals surface area contributed by atoms with Gasteiger partial charge >= 0.3 is 0 Å². The van der Waals surface area contributed by atoms with Crippen molar-refractivity contribution in [2.24, 2.45) is 0 Å². The second-order valence-corrected chi connectivity index (χ2v) is 11.4. The number of aromatic hydroxyl groups is 2. The third kappa shape index (κ3) is 4.83. The number of rotatable bonds is 4. The predicted molar refractivity (Wildman–Crippen MR) is 172 cm³/mol. The number of phenolic OH excluding ortho intramolecular Hbond substituents is 2. The van der Waals surface area contributed by atoms with Gasteiger partial charge in [-0.2, -0.15) is 0 Å². The van der Waals surface area contributed by atoms with Crippen LogP contribution in [-0.4, -0.2) is 29.3 Å². The third-order valence-electron chi connectivity index (χ3n) is 6.82. The van der Waals surface area contributed by atoms with Gasteiger partial charge in [-0.1, -0.05) is 36.4 Å². The van der Waals surface area contributed by atoms with Gasteiger partial charge in [0, 0.05) is 11.4 Å². The Bertz CT molecular complexity index is 1940.